The van der Waals surface area contributed by atoms with Gasteiger partial charge in [-0.05, 0) is 65.4 Å². The summed E-state index contributed by atoms with van der Waals surface area (Å²) in [5, 5.41) is 35.7. The number of benzene rings is 4. The zero-order chi connectivity index (χ0) is 25.5. The molecule has 0 aromatic heterocycles. The van der Waals surface area contributed by atoms with E-state index < -0.39 is 6.10 Å². The molecule has 37 heavy (non-hydrogen) atoms. The van der Waals surface area contributed by atoms with E-state index in [1.807, 2.05) is 42.5 Å². The fourth-order valence-corrected chi connectivity index (χ4v) is 4.41. The summed E-state index contributed by atoms with van der Waals surface area (Å²) in [5.41, 5.74) is 3.91. The van der Waals surface area contributed by atoms with Gasteiger partial charge in [0.25, 0.3) is 0 Å². The smallest absolute Gasteiger partial charge is 0.137 e. The first-order chi connectivity index (χ1) is 17.4. The number of nitrogens with one attached hydrogen (secondary N) is 1. The topological polar surface area (TPSA) is 85.5 Å². The molecule has 0 aliphatic rings. The van der Waals surface area contributed by atoms with Gasteiger partial charge in [-0.25, -0.2) is 0 Å². The molecule has 0 bridgehead atoms. The molecule has 0 fully saturated rings. The van der Waals surface area contributed by atoms with Crippen molar-refractivity contribution in [2.75, 3.05) is 13.2 Å². The Kier molecular flexibility index (Phi) is 9.68. The number of hydrogen-bond donors (Lipinski definition) is 3. The summed E-state index contributed by atoms with van der Waals surface area (Å²) in [6.07, 6.45) is 0.0861. The van der Waals surface area contributed by atoms with Crippen LogP contribution in [0.5, 0.6) is 5.75 Å². The first kappa shape index (κ1) is 28.2. The number of aliphatic hydroxyl groups is 2. The first-order valence-corrected chi connectivity index (χ1v) is 12.2. The van der Waals surface area contributed by atoms with Crippen molar-refractivity contribution in [1.29, 1.82) is 5.26 Å². The SMILES string of the molecule is CC(C)(Cc1ccc2ccccc2c1)NCC(O)COc1ccc(-c2ccccc2CO)cc1C#N.Cl. The lowest BCUT2D eigenvalue weighted by molar-refractivity contribution is 0.0987. The molecule has 0 saturated carbocycles. The predicted octanol–water partition coefficient (Wildman–Crippen LogP) is 5.64. The molecule has 0 radical (unpaired) electrons. The van der Waals surface area contributed by atoms with Crippen LogP contribution in [0.25, 0.3) is 21.9 Å². The molecule has 0 amide bonds. The highest BCUT2D eigenvalue weighted by Crippen LogP contribution is 2.29. The van der Waals surface area contributed by atoms with Crippen LogP contribution in [0.15, 0.2) is 84.9 Å². The lowest BCUT2D eigenvalue weighted by Crippen LogP contribution is -2.46. The van der Waals surface area contributed by atoms with Gasteiger partial charge in [-0.1, -0.05) is 72.8 Å². The van der Waals surface area contributed by atoms with E-state index in [0.29, 0.717) is 17.9 Å². The third kappa shape index (κ3) is 7.31. The maximum Gasteiger partial charge on any atom is 0.137 e. The Morgan fingerprint density at radius 3 is 2.43 bits per heavy atom. The van der Waals surface area contributed by atoms with Crippen molar-refractivity contribution in [2.24, 2.45) is 0 Å². The molecule has 0 aliphatic heterocycles. The summed E-state index contributed by atoms with van der Waals surface area (Å²) in [6, 6.07) is 29.9. The number of rotatable bonds is 10. The molecule has 4 aromatic rings. The van der Waals surface area contributed by atoms with Crippen LogP contribution < -0.4 is 10.1 Å². The molecule has 1 unspecified atom stereocenters. The van der Waals surface area contributed by atoms with Crippen LogP contribution in [0, 0.1) is 11.3 Å². The largest absolute Gasteiger partial charge is 0.489 e. The van der Waals surface area contributed by atoms with Gasteiger partial charge in [-0.15, -0.1) is 12.4 Å². The van der Waals surface area contributed by atoms with Crippen LogP contribution in [0.2, 0.25) is 0 Å². The number of hydrogen-bond acceptors (Lipinski definition) is 5. The summed E-state index contributed by atoms with van der Waals surface area (Å²) in [5.74, 6) is 0.428. The van der Waals surface area contributed by atoms with Crippen molar-refractivity contribution < 1.29 is 14.9 Å². The minimum atomic E-state index is -0.734. The minimum Gasteiger partial charge on any atom is -0.489 e. The molecule has 0 saturated heterocycles. The summed E-state index contributed by atoms with van der Waals surface area (Å²) >= 11 is 0. The van der Waals surface area contributed by atoms with Crippen LogP contribution in [0.4, 0.5) is 0 Å². The molecule has 192 valence electrons. The Hall–Kier alpha value is -3.40. The molecule has 1 atom stereocenters. The van der Waals surface area contributed by atoms with E-state index in [9.17, 15) is 15.5 Å². The molecule has 3 N–H and O–H groups in total. The van der Waals surface area contributed by atoms with Crippen LogP contribution in [0.1, 0.15) is 30.5 Å². The number of nitriles is 1. The molecule has 5 nitrogen and oxygen atoms in total. The highest BCUT2D eigenvalue weighted by atomic mass is 35.5. The second-order valence-corrected chi connectivity index (χ2v) is 9.73. The van der Waals surface area contributed by atoms with Crippen LogP contribution >= 0.6 is 12.4 Å². The number of ether oxygens (including phenoxy) is 1. The zero-order valence-corrected chi connectivity index (χ0v) is 22.0. The van der Waals surface area contributed by atoms with Crippen LogP contribution in [0.3, 0.4) is 0 Å². The van der Waals surface area contributed by atoms with Gasteiger partial charge in [0.1, 0.15) is 24.5 Å². The third-order valence-corrected chi connectivity index (χ3v) is 6.31. The Balaban J connectivity index is 0.00000380. The molecular formula is C31H33ClN2O3. The van der Waals surface area contributed by atoms with Crippen molar-refractivity contribution in [1.82, 2.24) is 5.32 Å². The lowest BCUT2D eigenvalue weighted by Gasteiger charge is -2.28. The Morgan fingerprint density at radius 2 is 1.68 bits per heavy atom. The maximum atomic E-state index is 10.5. The average molecular weight is 517 g/mol. The van der Waals surface area contributed by atoms with E-state index >= 15 is 0 Å². The summed E-state index contributed by atoms with van der Waals surface area (Å²) < 4.78 is 5.81. The van der Waals surface area contributed by atoms with Crippen molar-refractivity contribution >= 4 is 23.2 Å². The van der Waals surface area contributed by atoms with E-state index in [0.717, 1.165) is 23.1 Å². The minimum absolute atomic E-state index is 0. The van der Waals surface area contributed by atoms with E-state index in [1.165, 1.54) is 16.3 Å². The number of aliphatic hydroxyl groups excluding tert-OH is 2. The molecule has 0 aliphatic carbocycles. The Morgan fingerprint density at radius 1 is 0.946 bits per heavy atom. The van der Waals surface area contributed by atoms with Gasteiger partial charge in [0, 0.05) is 12.1 Å². The van der Waals surface area contributed by atoms with Gasteiger partial charge < -0.3 is 20.3 Å². The fraction of sp³-hybridized carbons (Fsp3) is 0.258. The highest BCUT2D eigenvalue weighted by Gasteiger charge is 2.20. The van der Waals surface area contributed by atoms with Gasteiger partial charge in [-0.2, -0.15) is 5.26 Å². The highest BCUT2D eigenvalue weighted by molar-refractivity contribution is 5.85. The zero-order valence-electron chi connectivity index (χ0n) is 21.1. The summed E-state index contributed by atoms with van der Waals surface area (Å²) in [6.45, 7) is 4.59. The molecule has 0 spiro atoms. The van der Waals surface area contributed by atoms with Gasteiger partial charge >= 0.3 is 0 Å². The van der Waals surface area contributed by atoms with E-state index in [4.69, 9.17) is 4.74 Å². The second-order valence-electron chi connectivity index (χ2n) is 9.73. The summed E-state index contributed by atoms with van der Waals surface area (Å²) in [4.78, 5) is 0. The summed E-state index contributed by atoms with van der Waals surface area (Å²) in [7, 11) is 0. The molecule has 6 heteroatoms. The van der Waals surface area contributed by atoms with Crippen molar-refractivity contribution in [3.8, 4) is 22.9 Å². The van der Waals surface area contributed by atoms with Crippen molar-refractivity contribution in [3.05, 3.63) is 102 Å². The molecule has 4 aromatic carbocycles. The van der Waals surface area contributed by atoms with Gasteiger partial charge in [0.05, 0.1) is 12.2 Å². The fourth-order valence-electron chi connectivity index (χ4n) is 4.41. The van der Waals surface area contributed by atoms with Gasteiger partial charge in [0.15, 0.2) is 0 Å². The number of nitrogens with zero attached hydrogens (tertiary/aromatic N) is 1. The lowest BCUT2D eigenvalue weighted by atomic mass is 9.93. The Labute approximate surface area is 224 Å². The van der Waals surface area contributed by atoms with Crippen LogP contribution in [-0.2, 0) is 13.0 Å². The van der Waals surface area contributed by atoms with E-state index in [-0.39, 0.29) is 31.2 Å². The van der Waals surface area contributed by atoms with E-state index in [1.54, 1.807) is 12.1 Å². The van der Waals surface area contributed by atoms with Crippen molar-refractivity contribution in [2.45, 2.75) is 38.5 Å². The van der Waals surface area contributed by atoms with Crippen molar-refractivity contribution in [3.63, 3.8) is 0 Å². The maximum absolute atomic E-state index is 10.5. The van der Waals surface area contributed by atoms with Crippen LogP contribution in [-0.4, -0.2) is 35.0 Å². The number of fused-ring (bicyclic) bond motifs is 1. The quantitative estimate of drug-likeness (QED) is 0.254. The van der Waals surface area contributed by atoms with Gasteiger partial charge in [0.2, 0.25) is 0 Å². The second kappa shape index (κ2) is 12.7. The molecule has 4 rings (SSSR count). The first-order valence-electron chi connectivity index (χ1n) is 12.2. The third-order valence-electron chi connectivity index (χ3n) is 6.31. The number of β-amino-alcohol motifs (C(OH)–C–C–N with tert-alkyl or cyclic N) is 1. The standard InChI is InChI=1S/C31H32N2O3.ClH/c1-31(2,17-22-11-12-23-7-3-4-8-24(23)15-22)33-19-28(35)21-36-30-14-13-25(16-27(30)18-32)29-10-6-5-9-26(29)20-34;/h3-16,28,33-35H,17,19-21H2,1-2H3;1H. The Bertz CT molecular complexity index is 1380. The van der Waals surface area contributed by atoms with Gasteiger partial charge in [-0.3, -0.25) is 0 Å². The number of halogens is 1. The molecule has 0 heterocycles. The molecular weight excluding hydrogens is 484 g/mol. The predicted molar refractivity (Wildman–Crippen MR) is 151 cm³/mol. The average Bonchev–Trinajstić information content (AvgIpc) is 2.90. The van der Waals surface area contributed by atoms with E-state index in [2.05, 4.69) is 55.6 Å². The normalized spacial score (nSPS) is 12.0. The monoisotopic (exact) mass is 516 g/mol.